The van der Waals surface area contributed by atoms with Crippen LogP contribution in [0.1, 0.15) is 12.6 Å². The quantitative estimate of drug-likeness (QED) is 0.771. The molecule has 0 amide bonds. The zero-order valence-corrected chi connectivity index (χ0v) is 12.3. The highest BCUT2D eigenvalue weighted by atomic mass is 35.5. The van der Waals surface area contributed by atoms with Crippen LogP contribution in [-0.4, -0.2) is 4.98 Å². The second-order valence-electron chi connectivity index (χ2n) is 4.75. The van der Waals surface area contributed by atoms with E-state index in [-0.39, 0.29) is 5.43 Å². The van der Waals surface area contributed by atoms with Crippen LogP contribution in [0.4, 0.5) is 0 Å². The van der Waals surface area contributed by atoms with Crippen LogP contribution in [0.25, 0.3) is 10.9 Å². The first-order chi connectivity index (χ1) is 10.2. The number of halogens is 1. The molecule has 3 rings (SSSR count). The first-order valence-electron chi connectivity index (χ1n) is 6.75. The molecule has 0 aliphatic carbocycles. The van der Waals surface area contributed by atoms with Crippen molar-refractivity contribution in [1.82, 2.24) is 4.98 Å². The number of aryl methyl sites for hydroxylation is 1. The van der Waals surface area contributed by atoms with Crippen LogP contribution in [0.5, 0.6) is 11.5 Å². The molecule has 1 aromatic heterocycles. The topological polar surface area (TPSA) is 42.1 Å². The van der Waals surface area contributed by atoms with E-state index in [1.807, 2.05) is 31.2 Å². The van der Waals surface area contributed by atoms with Crippen LogP contribution >= 0.6 is 11.6 Å². The number of benzene rings is 2. The third-order valence-electron chi connectivity index (χ3n) is 3.30. The summed E-state index contributed by atoms with van der Waals surface area (Å²) < 4.78 is 5.74. The smallest absolute Gasteiger partial charge is 0.189 e. The van der Waals surface area contributed by atoms with E-state index in [0.717, 1.165) is 17.6 Å². The number of H-pyrrole nitrogens is 1. The van der Waals surface area contributed by atoms with Gasteiger partial charge >= 0.3 is 0 Å². The number of hydrogen-bond acceptors (Lipinski definition) is 2. The number of nitrogens with one attached hydrogen (secondary N) is 1. The van der Waals surface area contributed by atoms with Crippen molar-refractivity contribution in [2.24, 2.45) is 0 Å². The van der Waals surface area contributed by atoms with Gasteiger partial charge in [0.15, 0.2) is 5.43 Å². The number of rotatable bonds is 3. The summed E-state index contributed by atoms with van der Waals surface area (Å²) in [6.07, 6.45) is 0.795. The summed E-state index contributed by atoms with van der Waals surface area (Å²) in [5.74, 6) is 1.16. The van der Waals surface area contributed by atoms with E-state index in [2.05, 4.69) is 4.98 Å². The zero-order valence-electron chi connectivity index (χ0n) is 11.5. The van der Waals surface area contributed by atoms with Gasteiger partial charge in [-0.15, -0.1) is 0 Å². The van der Waals surface area contributed by atoms with Crippen molar-refractivity contribution < 1.29 is 4.74 Å². The Labute approximate surface area is 127 Å². The average Bonchev–Trinajstić information content (AvgIpc) is 2.50. The summed E-state index contributed by atoms with van der Waals surface area (Å²) in [6, 6.07) is 14.3. The minimum Gasteiger partial charge on any atom is -0.456 e. The highest BCUT2D eigenvalue weighted by Gasteiger charge is 2.06. The molecule has 0 radical (unpaired) electrons. The first kappa shape index (κ1) is 13.7. The summed E-state index contributed by atoms with van der Waals surface area (Å²) in [7, 11) is 0. The lowest BCUT2D eigenvalue weighted by molar-refractivity contribution is 0.483. The first-order valence-corrected chi connectivity index (χ1v) is 7.13. The molecule has 0 saturated heterocycles. The fourth-order valence-corrected chi connectivity index (χ4v) is 2.36. The molecule has 1 N–H and O–H groups in total. The van der Waals surface area contributed by atoms with Gasteiger partial charge in [-0.3, -0.25) is 4.79 Å². The Morgan fingerprint density at radius 2 is 1.95 bits per heavy atom. The van der Waals surface area contributed by atoms with E-state index < -0.39 is 0 Å². The van der Waals surface area contributed by atoms with E-state index in [1.165, 1.54) is 0 Å². The molecule has 3 nitrogen and oxygen atoms in total. The number of ether oxygens (including phenoxy) is 1. The largest absolute Gasteiger partial charge is 0.456 e. The number of aromatic nitrogens is 1. The third-order valence-corrected chi connectivity index (χ3v) is 3.61. The highest BCUT2D eigenvalue weighted by molar-refractivity contribution is 6.32. The average molecular weight is 300 g/mol. The number of aromatic amines is 1. The molecule has 3 aromatic rings. The van der Waals surface area contributed by atoms with Gasteiger partial charge in [0, 0.05) is 22.7 Å². The Hall–Kier alpha value is -2.26. The molecular formula is C17H14ClNO2. The predicted octanol–water partition coefficient (Wildman–Crippen LogP) is 4.54. The zero-order chi connectivity index (χ0) is 14.8. The summed E-state index contributed by atoms with van der Waals surface area (Å²) in [5.41, 5.74) is 1.73. The molecule has 0 aliphatic rings. The Balaban J connectivity index is 2.04. The Morgan fingerprint density at radius 1 is 1.14 bits per heavy atom. The van der Waals surface area contributed by atoms with Crippen LogP contribution in [0.2, 0.25) is 5.02 Å². The molecule has 0 aliphatic heterocycles. The monoisotopic (exact) mass is 299 g/mol. The third kappa shape index (κ3) is 2.78. The van der Waals surface area contributed by atoms with Crippen molar-refractivity contribution >= 4 is 22.5 Å². The van der Waals surface area contributed by atoms with Gasteiger partial charge in [-0.25, -0.2) is 0 Å². The van der Waals surface area contributed by atoms with Crippen molar-refractivity contribution in [3.8, 4) is 11.5 Å². The Kier molecular flexibility index (Phi) is 3.67. The molecule has 4 heteroatoms. The van der Waals surface area contributed by atoms with E-state index >= 15 is 0 Å². The van der Waals surface area contributed by atoms with Crippen molar-refractivity contribution in [2.75, 3.05) is 0 Å². The molecule has 2 aromatic carbocycles. The number of para-hydroxylation sites is 1. The van der Waals surface area contributed by atoms with Crippen LogP contribution < -0.4 is 10.2 Å². The second kappa shape index (κ2) is 5.62. The van der Waals surface area contributed by atoms with Gasteiger partial charge in [0.05, 0.1) is 5.02 Å². The lowest BCUT2D eigenvalue weighted by atomic mass is 10.1. The fraction of sp³-hybridized carbons (Fsp3) is 0.118. The lowest BCUT2D eigenvalue weighted by Gasteiger charge is -2.08. The molecule has 0 atom stereocenters. The van der Waals surface area contributed by atoms with Crippen molar-refractivity contribution in [3.05, 3.63) is 69.5 Å². The number of fused-ring (bicyclic) bond motifs is 1. The maximum absolute atomic E-state index is 12.1. The summed E-state index contributed by atoms with van der Waals surface area (Å²) in [4.78, 5) is 15.4. The van der Waals surface area contributed by atoms with Crippen molar-refractivity contribution in [1.29, 1.82) is 0 Å². The Bertz CT molecular complexity index is 855. The second-order valence-corrected chi connectivity index (χ2v) is 5.16. The Morgan fingerprint density at radius 3 is 2.71 bits per heavy atom. The molecule has 0 saturated carbocycles. The van der Waals surface area contributed by atoms with Crippen molar-refractivity contribution in [3.63, 3.8) is 0 Å². The summed E-state index contributed by atoms with van der Waals surface area (Å²) >= 11 is 6.07. The fourth-order valence-electron chi connectivity index (χ4n) is 2.19. The van der Waals surface area contributed by atoms with Crippen LogP contribution in [-0.2, 0) is 6.42 Å². The maximum Gasteiger partial charge on any atom is 0.189 e. The van der Waals surface area contributed by atoms with E-state index in [4.69, 9.17) is 16.3 Å². The summed E-state index contributed by atoms with van der Waals surface area (Å²) in [5, 5.41) is 1.14. The molecule has 1 heterocycles. The van der Waals surface area contributed by atoms with Crippen molar-refractivity contribution in [2.45, 2.75) is 13.3 Å². The van der Waals surface area contributed by atoms with Gasteiger partial charge in [-0.2, -0.15) is 0 Å². The minimum atomic E-state index is -0.00907. The van der Waals surface area contributed by atoms with E-state index in [9.17, 15) is 4.79 Å². The van der Waals surface area contributed by atoms with E-state index in [1.54, 1.807) is 24.3 Å². The highest BCUT2D eigenvalue weighted by Crippen LogP contribution is 2.29. The molecule has 21 heavy (non-hydrogen) atoms. The van der Waals surface area contributed by atoms with Crippen LogP contribution in [0.15, 0.2) is 53.3 Å². The minimum absolute atomic E-state index is 0.00907. The molecular weight excluding hydrogens is 286 g/mol. The number of hydrogen-bond donors (Lipinski definition) is 1. The van der Waals surface area contributed by atoms with Gasteiger partial charge in [0.25, 0.3) is 0 Å². The van der Waals surface area contributed by atoms with Gasteiger partial charge in [-0.1, -0.05) is 30.7 Å². The van der Waals surface area contributed by atoms with Gasteiger partial charge in [-0.05, 0) is 36.8 Å². The normalized spacial score (nSPS) is 10.8. The molecule has 0 bridgehead atoms. The molecule has 0 fully saturated rings. The van der Waals surface area contributed by atoms with Crippen LogP contribution in [0.3, 0.4) is 0 Å². The molecule has 0 spiro atoms. The van der Waals surface area contributed by atoms with Gasteiger partial charge in [0.2, 0.25) is 0 Å². The number of pyridine rings is 1. The SMILES string of the molecule is CCc1cc(=O)c2cc(Oc3ccccc3Cl)ccc2[nH]1. The lowest BCUT2D eigenvalue weighted by Crippen LogP contribution is -2.04. The molecule has 0 unspecified atom stereocenters. The predicted molar refractivity (Wildman–Crippen MR) is 85.5 cm³/mol. The maximum atomic E-state index is 12.1. The standard InChI is InChI=1S/C17H14ClNO2/c1-2-11-9-16(20)13-10-12(7-8-15(13)19-11)21-17-6-4-3-5-14(17)18/h3-10H,2H2,1H3,(H,19,20). The van der Waals surface area contributed by atoms with E-state index in [0.29, 0.717) is 21.9 Å². The van der Waals surface area contributed by atoms with Gasteiger partial charge < -0.3 is 9.72 Å². The van der Waals surface area contributed by atoms with Gasteiger partial charge in [0.1, 0.15) is 11.5 Å². The summed E-state index contributed by atoms with van der Waals surface area (Å²) in [6.45, 7) is 2.01. The van der Waals surface area contributed by atoms with Crippen LogP contribution in [0, 0.1) is 0 Å². The molecule has 106 valence electrons.